The molecule has 2 radical (unpaired) electrons. The molecule has 0 bridgehead atoms. The summed E-state index contributed by atoms with van der Waals surface area (Å²) in [7, 11) is 0. The number of benzene rings is 2. The third-order valence-electron chi connectivity index (χ3n) is 4.00. The molecule has 0 aliphatic heterocycles. The number of hydrogen-bond acceptors (Lipinski definition) is 3. The minimum absolute atomic E-state index is 0.830. The molecule has 4 aromatic rings. The molecule has 3 nitrogen and oxygen atoms in total. The van der Waals surface area contributed by atoms with Crippen LogP contribution in [0, 0.1) is 0 Å². The molecule has 5 heteroatoms. The summed E-state index contributed by atoms with van der Waals surface area (Å²) in [6.07, 6.45) is 4.57. The second kappa shape index (κ2) is 7.28. The summed E-state index contributed by atoms with van der Waals surface area (Å²) in [5.74, 6) is 0.862. The first-order chi connectivity index (χ1) is 12.4. The molecule has 0 unspecified atom stereocenters. The number of aromatic nitrogens is 2. The molecule has 0 aliphatic rings. The highest BCUT2D eigenvalue weighted by atomic mass is 32.1. The molecule has 4 rings (SSSR count). The van der Waals surface area contributed by atoms with Crippen LogP contribution in [0.15, 0.2) is 79.1 Å². The van der Waals surface area contributed by atoms with E-state index in [4.69, 9.17) is 3.79 Å². The number of nitrogens with zero attached hydrogens (tertiary/aromatic N) is 2. The second-order valence-electron chi connectivity index (χ2n) is 5.63. The van der Waals surface area contributed by atoms with Crippen LogP contribution in [0.4, 0.5) is 0 Å². The van der Waals surface area contributed by atoms with Gasteiger partial charge in [0.2, 0.25) is 0 Å². The first-order valence-corrected chi connectivity index (χ1v) is 9.27. The minimum atomic E-state index is 0.830. The van der Waals surface area contributed by atoms with Crippen molar-refractivity contribution >= 4 is 28.0 Å². The molecule has 0 spiro atoms. The highest BCUT2D eigenvalue weighted by Crippen LogP contribution is 2.44. The van der Waals surface area contributed by atoms with E-state index in [1.165, 1.54) is 16.0 Å². The van der Waals surface area contributed by atoms with Crippen LogP contribution >= 0.6 is 11.3 Å². The molecule has 120 valence electrons. The molecular weight excluding hydrogens is 343 g/mol. The Kier molecular flexibility index (Phi) is 4.71. The van der Waals surface area contributed by atoms with Crippen molar-refractivity contribution in [1.29, 1.82) is 0 Å². The average molecular weight is 358 g/mol. The van der Waals surface area contributed by atoms with Crippen LogP contribution < -0.4 is 3.79 Å². The first-order valence-electron chi connectivity index (χ1n) is 7.98. The minimum Gasteiger partial charge on any atom is -0.651 e. The lowest BCUT2D eigenvalue weighted by atomic mass is 10.1. The zero-order valence-corrected chi connectivity index (χ0v) is 15.5. The summed E-state index contributed by atoms with van der Waals surface area (Å²) < 4.78 is 7.62. The van der Waals surface area contributed by atoms with Crippen molar-refractivity contribution in [3.8, 4) is 21.9 Å². The van der Waals surface area contributed by atoms with Gasteiger partial charge in [-0.05, 0) is 17.2 Å². The monoisotopic (exact) mass is 358 g/mol. The van der Waals surface area contributed by atoms with Crippen molar-refractivity contribution in [3.63, 3.8) is 0 Å². The van der Waals surface area contributed by atoms with Crippen molar-refractivity contribution in [1.82, 2.24) is 9.78 Å². The Morgan fingerprint density at radius 3 is 2.32 bits per heavy atom. The van der Waals surface area contributed by atoms with Gasteiger partial charge in [0.05, 0.1) is 9.75 Å². The molecule has 0 amide bonds. The molecule has 0 atom stereocenters. The smallest absolute Gasteiger partial charge is 0.482 e. The molecule has 0 saturated heterocycles. The van der Waals surface area contributed by atoms with Crippen LogP contribution in [0.2, 0.25) is 0 Å². The fraction of sp³-hybridized carbons (Fsp3) is 0.0500. The van der Waals surface area contributed by atoms with Gasteiger partial charge in [0, 0.05) is 18.8 Å². The van der Waals surface area contributed by atoms with E-state index < -0.39 is 0 Å². The highest BCUT2D eigenvalue weighted by molar-refractivity contribution is 7.16. The summed E-state index contributed by atoms with van der Waals surface area (Å²) in [5.41, 5.74) is 3.42. The normalized spacial score (nSPS) is 10.7. The SMILES string of the molecule is [Al][O]c1c(Cc2ccccc2)sc(-c2ccccc2)c1-n1cccn1. The Morgan fingerprint density at radius 1 is 0.960 bits per heavy atom. The summed E-state index contributed by atoms with van der Waals surface area (Å²) in [4.78, 5) is 2.35. The lowest BCUT2D eigenvalue weighted by Gasteiger charge is -2.10. The molecule has 0 fully saturated rings. The summed E-state index contributed by atoms with van der Waals surface area (Å²) in [5, 5.41) is 4.44. The maximum Gasteiger partial charge on any atom is 0.482 e. The first kappa shape index (κ1) is 16.2. The predicted molar refractivity (Wildman–Crippen MR) is 103 cm³/mol. The molecule has 25 heavy (non-hydrogen) atoms. The zero-order valence-electron chi connectivity index (χ0n) is 13.5. The van der Waals surface area contributed by atoms with E-state index in [1.54, 1.807) is 17.5 Å². The second-order valence-corrected chi connectivity index (χ2v) is 6.97. The summed E-state index contributed by atoms with van der Waals surface area (Å²) >= 11 is 4.15. The number of thiophene rings is 1. The molecule has 2 aromatic carbocycles. The van der Waals surface area contributed by atoms with Gasteiger partial charge >= 0.3 is 16.6 Å². The van der Waals surface area contributed by atoms with Crippen LogP contribution in [0.3, 0.4) is 0 Å². The zero-order chi connectivity index (χ0) is 17.1. The number of hydrogen-bond donors (Lipinski definition) is 0. The van der Waals surface area contributed by atoms with Crippen LogP contribution in [-0.2, 0) is 6.42 Å². The van der Waals surface area contributed by atoms with E-state index in [2.05, 4.69) is 70.3 Å². The van der Waals surface area contributed by atoms with Gasteiger partial charge in [-0.25, -0.2) is 4.68 Å². The molecule has 0 N–H and O–H groups in total. The predicted octanol–water partition coefficient (Wildman–Crippen LogP) is 4.65. The maximum atomic E-state index is 5.74. The Labute approximate surface area is 159 Å². The quantitative estimate of drug-likeness (QED) is 0.486. The highest BCUT2D eigenvalue weighted by Gasteiger charge is 2.21. The van der Waals surface area contributed by atoms with Crippen molar-refractivity contribution in [2.24, 2.45) is 0 Å². The van der Waals surface area contributed by atoms with Crippen LogP contribution in [0.5, 0.6) is 5.75 Å². The lowest BCUT2D eigenvalue weighted by Crippen LogP contribution is -1.99. The van der Waals surface area contributed by atoms with Crippen LogP contribution in [0.25, 0.3) is 16.1 Å². The van der Waals surface area contributed by atoms with Gasteiger partial charge < -0.3 is 3.79 Å². The van der Waals surface area contributed by atoms with E-state index >= 15 is 0 Å². The van der Waals surface area contributed by atoms with E-state index in [0.717, 1.165) is 22.7 Å². The third-order valence-corrected chi connectivity index (χ3v) is 5.45. The van der Waals surface area contributed by atoms with Crippen molar-refractivity contribution < 1.29 is 3.79 Å². The van der Waals surface area contributed by atoms with Gasteiger partial charge in [-0.3, -0.25) is 0 Å². The largest absolute Gasteiger partial charge is 0.651 e. The van der Waals surface area contributed by atoms with E-state index in [9.17, 15) is 0 Å². The molecule has 0 aliphatic carbocycles. The van der Waals surface area contributed by atoms with E-state index in [1.807, 2.05) is 29.1 Å². The van der Waals surface area contributed by atoms with Gasteiger partial charge in [0.25, 0.3) is 0 Å². The van der Waals surface area contributed by atoms with Gasteiger partial charge in [-0.15, -0.1) is 11.3 Å². The van der Waals surface area contributed by atoms with Gasteiger partial charge in [0.1, 0.15) is 11.4 Å². The maximum absolute atomic E-state index is 5.74. The average Bonchev–Trinajstić information content (AvgIpc) is 3.30. The van der Waals surface area contributed by atoms with Crippen molar-refractivity contribution in [2.75, 3.05) is 0 Å². The molecule has 2 heterocycles. The van der Waals surface area contributed by atoms with Gasteiger partial charge in [0.15, 0.2) is 0 Å². The molecule has 0 saturated carbocycles. The summed E-state index contributed by atoms with van der Waals surface area (Å²) in [6.45, 7) is 0. The summed E-state index contributed by atoms with van der Waals surface area (Å²) in [6, 6.07) is 22.8. The van der Waals surface area contributed by atoms with E-state index in [0.29, 0.717) is 0 Å². The Bertz CT molecular complexity index is 950. The van der Waals surface area contributed by atoms with Crippen molar-refractivity contribution in [3.05, 3.63) is 89.6 Å². The molecular formula is C20H15AlN2OS. The Hall–Kier alpha value is -2.32. The van der Waals surface area contributed by atoms with E-state index in [-0.39, 0.29) is 0 Å². The lowest BCUT2D eigenvalue weighted by molar-refractivity contribution is 0.603. The Morgan fingerprint density at radius 2 is 1.68 bits per heavy atom. The van der Waals surface area contributed by atoms with Crippen molar-refractivity contribution in [2.45, 2.75) is 6.42 Å². The van der Waals surface area contributed by atoms with Gasteiger partial charge in [-0.1, -0.05) is 60.7 Å². The Balaban J connectivity index is 1.88. The van der Waals surface area contributed by atoms with Crippen LogP contribution in [0.1, 0.15) is 10.4 Å². The fourth-order valence-electron chi connectivity index (χ4n) is 2.87. The third kappa shape index (κ3) is 3.27. The molecule has 2 aromatic heterocycles. The van der Waals surface area contributed by atoms with Gasteiger partial charge in [-0.2, -0.15) is 5.10 Å². The fourth-order valence-corrected chi connectivity index (χ4v) is 4.47. The number of rotatable bonds is 5. The van der Waals surface area contributed by atoms with Crippen LogP contribution in [-0.4, -0.2) is 26.4 Å². The topological polar surface area (TPSA) is 27.1 Å². The standard InChI is InChI=1S/C20H16N2OS.Al/c23-19-17(14-15-8-3-1-4-9-15)24-20(16-10-5-2-6-11-16)18(19)22-13-7-12-21-22;/h1-13,23H,14H2;/q;+1/p-1.